The number of aromatic nitrogens is 1. The van der Waals surface area contributed by atoms with E-state index < -0.39 is 17.6 Å². The lowest BCUT2D eigenvalue weighted by molar-refractivity contribution is -0.137. The number of anilines is 1. The molecule has 1 N–H and O–H groups in total. The lowest BCUT2D eigenvalue weighted by atomic mass is 10.1. The molecule has 0 spiro atoms. The Bertz CT molecular complexity index is 954. The van der Waals surface area contributed by atoms with E-state index in [0.29, 0.717) is 5.75 Å². The quantitative estimate of drug-likeness (QED) is 0.641. The van der Waals surface area contributed by atoms with Gasteiger partial charge in [-0.1, -0.05) is 12.1 Å². The summed E-state index contributed by atoms with van der Waals surface area (Å²) in [4.78, 5) is 16.6. The van der Waals surface area contributed by atoms with Crippen molar-refractivity contribution in [1.29, 1.82) is 0 Å². The predicted octanol–water partition coefficient (Wildman–Crippen LogP) is 5.30. The second-order valence-electron chi connectivity index (χ2n) is 5.71. The number of carbonyl (C=O) groups excluding carboxylic acids is 1. The molecule has 4 nitrogen and oxygen atoms in total. The zero-order valence-electron chi connectivity index (χ0n) is 14.2. The minimum atomic E-state index is -4.47. The van der Waals surface area contributed by atoms with Crippen LogP contribution in [0.3, 0.4) is 0 Å². The third-order valence-electron chi connectivity index (χ3n) is 3.60. The number of hydrogen-bond donors (Lipinski definition) is 1. The van der Waals surface area contributed by atoms with Crippen LogP contribution in [0.2, 0.25) is 0 Å². The molecule has 2 aromatic carbocycles. The number of alkyl halides is 3. The van der Waals surface area contributed by atoms with E-state index in [1.165, 1.54) is 29.5 Å². The lowest BCUT2D eigenvalue weighted by Crippen LogP contribution is -2.13. The first-order valence-corrected chi connectivity index (χ1v) is 8.82. The Morgan fingerprint density at radius 2 is 1.96 bits per heavy atom. The highest BCUT2D eigenvalue weighted by molar-refractivity contribution is 7.09. The molecule has 0 fully saturated rings. The molecule has 3 rings (SSSR count). The van der Waals surface area contributed by atoms with Crippen LogP contribution in [0.15, 0.2) is 53.9 Å². The molecule has 1 heterocycles. The van der Waals surface area contributed by atoms with Crippen LogP contribution < -0.4 is 10.1 Å². The van der Waals surface area contributed by atoms with Gasteiger partial charge in [-0.2, -0.15) is 13.2 Å². The standard InChI is InChI=1S/C19H15F3N2O2S/c1-12-23-16(11-27-12)10-26-17-7-2-4-13(8-17)18(25)24-15-6-3-5-14(9-15)19(20,21)22/h2-9,11H,10H2,1H3,(H,24,25). The van der Waals surface area contributed by atoms with Crippen molar-refractivity contribution in [1.82, 2.24) is 4.98 Å². The summed E-state index contributed by atoms with van der Waals surface area (Å²) < 4.78 is 43.9. The van der Waals surface area contributed by atoms with Gasteiger partial charge in [-0.25, -0.2) is 4.98 Å². The van der Waals surface area contributed by atoms with E-state index in [-0.39, 0.29) is 17.9 Å². The zero-order valence-corrected chi connectivity index (χ0v) is 15.0. The second kappa shape index (κ2) is 7.79. The highest BCUT2D eigenvalue weighted by atomic mass is 32.1. The van der Waals surface area contributed by atoms with Crippen LogP contribution in [0.4, 0.5) is 18.9 Å². The van der Waals surface area contributed by atoms with E-state index in [4.69, 9.17) is 4.74 Å². The summed E-state index contributed by atoms with van der Waals surface area (Å²) in [5.74, 6) is -0.0541. The van der Waals surface area contributed by atoms with Gasteiger partial charge in [0, 0.05) is 16.6 Å². The molecule has 140 valence electrons. The minimum Gasteiger partial charge on any atom is -0.487 e. The van der Waals surface area contributed by atoms with Crippen molar-refractivity contribution >= 4 is 22.9 Å². The van der Waals surface area contributed by atoms with Gasteiger partial charge in [0.05, 0.1) is 16.3 Å². The maximum absolute atomic E-state index is 12.8. The van der Waals surface area contributed by atoms with Crippen molar-refractivity contribution in [2.24, 2.45) is 0 Å². The molecule has 0 saturated carbocycles. The highest BCUT2D eigenvalue weighted by Gasteiger charge is 2.30. The minimum absolute atomic E-state index is 0.0686. The smallest absolute Gasteiger partial charge is 0.416 e. The number of halogens is 3. The lowest BCUT2D eigenvalue weighted by Gasteiger charge is -2.10. The Kier molecular flexibility index (Phi) is 5.46. The van der Waals surface area contributed by atoms with Crippen molar-refractivity contribution in [3.8, 4) is 5.75 Å². The number of ether oxygens (including phenoxy) is 1. The van der Waals surface area contributed by atoms with Crippen LogP contribution in [0, 0.1) is 6.92 Å². The summed E-state index contributed by atoms with van der Waals surface area (Å²) in [5, 5.41) is 5.29. The number of carbonyl (C=O) groups is 1. The van der Waals surface area contributed by atoms with Crippen LogP contribution >= 0.6 is 11.3 Å². The molecule has 1 amide bonds. The Hall–Kier alpha value is -2.87. The van der Waals surface area contributed by atoms with Crippen LogP contribution in [0.5, 0.6) is 5.75 Å². The molecule has 0 saturated heterocycles. The molecule has 3 aromatic rings. The fourth-order valence-corrected chi connectivity index (χ4v) is 2.93. The van der Waals surface area contributed by atoms with E-state index in [2.05, 4.69) is 10.3 Å². The van der Waals surface area contributed by atoms with E-state index >= 15 is 0 Å². The van der Waals surface area contributed by atoms with Gasteiger partial charge in [0.25, 0.3) is 5.91 Å². The van der Waals surface area contributed by atoms with Gasteiger partial charge in [0.2, 0.25) is 0 Å². The van der Waals surface area contributed by atoms with Crippen LogP contribution in [0.25, 0.3) is 0 Å². The molecule has 0 aliphatic heterocycles. The molecule has 8 heteroatoms. The zero-order chi connectivity index (χ0) is 19.4. The van der Waals surface area contributed by atoms with Gasteiger partial charge in [-0.15, -0.1) is 11.3 Å². The molecule has 0 aliphatic carbocycles. The summed E-state index contributed by atoms with van der Waals surface area (Å²) in [7, 11) is 0. The Morgan fingerprint density at radius 1 is 1.19 bits per heavy atom. The number of amides is 1. The van der Waals surface area contributed by atoms with Crippen molar-refractivity contribution in [2.75, 3.05) is 5.32 Å². The predicted molar refractivity (Wildman–Crippen MR) is 97.0 cm³/mol. The average molecular weight is 392 g/mol. The normalized spacial score (nSPS) is 11.3. The number of benzene rings is 2. The van der Waals surface area contributed by atoms with Gasteiger partial charge in [-0.05, 0) is 43.3 Å². The first kappa shape index (κ1) is 18.9. The van der Waals surface area contributed by atoms with E-state index in [1.54, 1.807) is 18.2 Å². The third kappa shape index (κ3) is 5.07. The molecule has 0 unspecified atom stereocenters. The SMILES string of the molecule is Cc1nc(COc2cccc(C(=O)Nc3cccc(C(F)(F)F)c3)c2)cs1. The number of rotatable bonds is 5. The first-order valence-electron chi connectivity index (χ1n) is 7.94. The Balaban J connectivity index is 1.68. The number of thiazole rings is 1. The molecular formula is C19H15F3N2O2S. The number of aryl methyl sites for hydroxylation is 1. The maximum atomic E-state index is 12.8. The highest BCUT2D eigenvalue weighted by Crippen LogP contribution is 2.30. The van der Waals surface area contributed by atoms with Crippen molar-refractivity contribution in [3.05, 3.63) is 75.7 Å². The summed E-state index contributed by atoms with van der Waals surface area (Å²) >= 11 is 1.52. The summed E-state index contributed by atoms with van der Waals surface area (Å²) in [6.07, 6.45) is -4.47. The van der Waals surface area contributed by atoms with Crippen LogP contribution in [-0.4, -0.2) is 10.9 Å². The van der Waals surface area contributed by atoms with Gasteiger partial charge in [0.15, 0.2) is 0 Å². The first-order chi connectivity index (χ1) is 12.8. The summed E-state index contributed by atoms with van der Waals surface area (Å²) in [6.45, 7) is 2.16. The van der Waals surface area contributed by atoms with Gasteiger partial charge < -0.3 is 10.1 Å². The van der Waals surface area contributed by atoms with Crippen LogP contribution in [0.1, 0.15) is 26.6 Å². The molecule has 0 aliphatic rings. The van der Waals surface area contributed by atoms with Crippen molar-refractivity contribution < 1.29 is 22.7 Å². The topological polar surface area (TPSA) is 51.2 Å². The third-order valence-corrected chi connectivity index (χ3v) is 4.42. The molecule has 0 atom stereocenters. The van der Waals surface area contributed by atoms with Gasteiger partial charge in [-0.3, -0.25) is 4.79 Å². The van der Waals surface area contributed by atoms with E-state index in [9.17, 15) is 18.0 Å². The molecule has 1 aromatic heterocycles. The Labute approximate surface area is 157 Å². The number of nitrogens with zero attached hydrogens (tertiary/aromatic N) is 1. The van der Waals surface area contributed by atoms with Crippen LogP contribution in [-0.2, 0) is 12.8 Å². The monoisotopic (exact) mass is 392 g/mol. The Morgan fingerprint density at radius 3 is 2.67 bits per heavy atom. The number of hydrogen-bond acceptors (Lipinski definition) is 4. The summed E-state index contributed by atoms with van der Waals surface area (Å²) in [5.41, 5.74) is 0.311. The molecule has 0 bridgehead atoms. The molecule has 27 heavy (non-hydrogen) atoms. The van der Waals surface area contributed by atoms with E-state index in [0.717, 1.165) is 22.8 Å². The summed E-state index contributed by atoms with van der Waals surface area (Å²) in [6, 6.07) is 10.9. The maximum Gasteiger partial charge on any atom is 0.416 e. The average Bonchev–Trinajstić information content (AvgIpc) is 3.05. The fraction of sp³-hybridized carbons (Fsp3) is 0.158. The second-order valence-corrected chi connectivity index (χ2v) is 6.77. The van der Waals surface area contributed by atoms with Crippen molar-refractivity contribution in [2.45, 2.75) is 19.7 Å². The molecule has 0 radical (unpaired) electrons. The fourth-order valence-electron chi connectivity index (χ4n) is 2.34. The van der Waals surface area contributed by atoms with Crippen molar-refractivity contribution in [3.63, 3.8) is 0 Å². The van der Waals surface area contributed by atoms with Gasteiger partial charge in [0.1, 0.15) is 12.4 Å². The number of nitrogens with one attached hydrogen (secondary N) is 1. The largest absolute Gasteiger partial charge is 0.487 e. The van der Waals surface area contributed by atoms with E-state index in [1.807, 2.05) is 12.3 Å². The molecular weight excluding hydrogens is 377 g/mol. The van der Waals surface area contributed by atoms with Gasteiger partial charge >= 0.3 is 6.18 Å².